The molecule has 2 amide bonds. The molecule has 7 nitrogen and oxygen atoms in total. The van der Waals surface area contributed by atoms with Crippen molar-refractivity contribution in [1.82, 2.24) is 25.0 Å². The molecule has 128 valence electrons. The van der Waals surface area contributed by atoms with Crippen LogP contribution in [0.25, 0.3) is 0 Å². The number of nitrogens with zero attached hydrogens (tertiary/aromatic N) is 4. The average molecular weight is 329 g/mol. The van der Waals surface area contributed by atoms with Crippen LogP contribution in [0, 0.1) is 0 Å². The van der Waals surface area contributed by atoms with Gasteiger partial charge in [-0.2, -0.15) is 5.10 Å². The van der Waals surface area contributed by atoms with Gasteiger partial charge in [0.2, 0.25) is 0 Å². The highest BCUT2D eigenvalue weighted by atomic mass is 16.3. The molecule has 2 N–H and O–H groups in total. The van der Waals surface area contributed by atoms with Crippen molar-refractivity contribution in [3.63, 3.8) is 0 Å². The molecule has 0 radical (unpaired) electrons. The zero-order chi connectivity index (χ0) is 17.1. The fourth-order valence-corrected chi connectivity index (χ4v) is 2.99. The van der Waals surface area contributed by atoms with E-state index in [2.05, 4.69) is 15.4 Å². The van der Waals surface area contributed by atoms with Crippen LogP contribution in [0.5, 0.6) is 5.75 Å². The zero-order valence-corrected chi connectivity index (χ0v) is 14.0. The number of phenolic OH excluding ortho intramolecular Hbond substituents is 1. The van der Waals surface area contributed by atoms with Crippen LogP contribution in [0.3, 0.4) is 0 Å². The van der Waals surface area contributed by atoms with E-state index in [1.165, 1.54) is 6.33 Å². The molecule has 2 atom stereocenters. The number of aryl methyl sites for hydroxylation is 1. The summed E-state index contributed by atoms with van der Waals surface area (Å²) in [5, 5.41) is 16.6. The van der Waals surface area contributed by atoms with Crippen molar-refractivity contribution < 1.29 is 9.90 Å². The molecule has 1 aromatic carbocycles. The molecule has 0 fully saturated rings. The Morgan fingerprint density at radius 2 is 2.21 bits per heavy atom. The molecule has 0 spiro atoms. The van der Waals surface area contributed by atoms with Crippen molar-refractivity contribution in [2.75, 3.05) is 7.05 Å². The predicted molar refractivity (Wildman–Crippen MR) is 89.6 cm³/mol. The largest absolute Gasteiger partial charge is 0.508 e. The van der Waals surface area contributed by atoms with Gasteiger partial charge in [0.1, 0.15) is 17.9 Å². The van der Waals surface area contributed by atoms with E-state index in [1.54, 1.807) is 24.1 Å². The van der Waals surface area contributed by atoms with Crippen molar-refractivity contribution in [3.05, 3.63) is 42.0 Å². The van der Waals surface area contributed by atoms with Gasteiger partial charge in [-0.05, 0) is 43.9 Å². The van der Waals surface area contributed by atoms with Gasteiger partial charge in [-0.1, -0.05) is 12.1 Å². The van der Waals surface area contributed by atoms with E-state index in [0.29, 0.717) is 0 Å². The maximum Gasteiger partial charge on any atom is 0.317 e. The maximum atomic E-state index is 12.5. The first kappa shape index (κ1) is 16.3. The SMILES string of the molecule is CC(Cc1ccc(O)cc1)N(C)C(=O)NC1CCCn2ncnc21. The lowest BCUT2D eigenvalue weighted by molar-refractivity contribution is 0.186. The fraction of sp³-hybridized carbons (Fsp3) is 0.471. The number of nitrogens with one attached hydrogen (secondary N) is 1. The molecule has 3 rings (SSSR count). The Kier molecular flexibility index (Phi) is 4.69. The first-order valence-electron chi connectivity index (χ1n) is 8.23. The van der Waals surface area contributed by atoms with Gasteiger partial charge < -0.3 is 15.3 Å². The lowest BCUT2D eigenvalue weighted by Crippen LogP contribution is -2.45. The van der Waals surface area contributed by atoms with Gasteiger partial charge >= 0.3 is 6.03 Å². The predicted octanol–water partition coefficient (Wildman–Crippen LogP) is 2.09. The molecule has 0 saturated carbocycles. The smallest absolute Gasteiger partial charge is 0.317 e. The van der Waals surface area contributed by atoms with Crippen LogP contribution in [0.1, 0.15) is 37.2 Å². The summed E-state index contributed by atoms with van der Waals surface area (Å²) in [6, 6.07) is 6.92. The number of phenols is 1. The number of hydrogen-bond acceptors (Lipinski definition) is 4. The Labute approximate surface area is 141 Å². The lowest BCUT2D eigenvalue weighted by atomic mass is 10.1. The fourth-order valence-electron chi connectivity index (χ4n) is 2.99. The molecule has 2 unspecified atom stereocenters. The molecular formula is C17H23N5O2. The van der Waals surface area contributed by atoms with Gasteiger partial charge in [0.25, 0.3) is 0 Å². The molecule has 24 heavy (non-hydrogen) atoms. The summed E-state index contributed by atoms with van der Waals surface area (Å²) in [4.78, 5) is 18.5. The van der Waals surface area contributed by atoms with Gasteiger partial charge in [-0.25, -0.2) is 14.5 Å². The second kappa shape index (κ2) is 6.90. The van der Waals surface area contributed by atoms with Crippen LogP contribution in [0.15, 0.2) is 30.6 Å². The highest BCUT2D eigenvalue weighted by Crippen LogP contribution is 2.22. The van der Waals surface area contributed by atoms with Crippen LogP contribution in [-0.2, 0) is 13.0 Å². The van der Waals surface area contributed by atoms with E-state index in [9.17, 15) is 9.90 Å². The first-order chi connectivity index (χ1) is 11.5. The summed E-state index contributed by atoms with van der Waals surface area (Å²) in [5.74, 6) is 1.08. The number of carbonyl (C=O) groups is 1. The highest BCUT2D eigenvalue weighted by Gasteiger charge is 2.26. The summed E-state index contributed by atoms with van der Waals surface area (Å²) < 4.78 is 1.86. The number of rotatable bonds is 4. The zero-order valence-electron chi connectivity index (χ0n) is 14.0. The van der Waals surface area contributed by atoms with E-state index < -0.39 is 0 Å². The molecule has 2 aromatic rings. The molecule has 1 aliphatic rings. The third-order valence-corrected chi connectivity index (χ3v) is 4.57. The summed E-state index contributed by atoms with van der Waals surface area (Å²) in [5.41, 5.74) is 1.08. The van der Waals surface area contributed by atoms with E-state index in [1.807, 2.05) is 23.7 Å². The van der Waals surface area contributed by atoms with Gasteiger partial charge in [0.15, 0.2) is 0 Å². The summed E-state index contributed by atoms with van der Waals surface area (Å²) in [6.45, 7) is 2.87. The van der Waals surface area contributed by atoms with Crippen LogP contribution in [-0.4, -0.2) is 43.9 Å². The number of likely N-dealkylation sites (N-methyl/N-ethyl adjacent to an activating group) is 1. The minimum absolute atomic E-state index is 0.0380. The molecular weight excluding hydrogens is 306 g/mol. The molecule has 1 aromatic heterocycles. The molecule has 0 bridgehead atoms. The molecule has 0 saturated heterocycles. The van der Waals surface area contributed by atoms with Crippen LogP contribution in [0.2, 0.25) is 0 Å². The molecule has 2 heterocycles. The number of carbonyl (C=O) groups excluding carboxylic acids is 1. The number of benzene rings is 1. The summed E-state index contributed by atoms with van der Waals surface area (Å²) in [7, 11) is 1.80. The number of urea groups is 1. The molecule has 0 aliphatic carbocycles. The van der Waals surface area contributed by atoms with Crippen molar-refractivity contribution >= 4 is 6.03 Å². The average Bonchev–Trinajstić information content (AvgIpc) is 3.06. The summed E-state index contributed by atoms with van der Waals surface area (Å²) >= 11 is 0. The molecule has 7 heteroatoms. The van der Waals surface area contributed by atoms with Gasteiger partial charge in [-0.15, -0.1) is 0 Å². The quantitative estimate of drug-likeness (QED) is 0.900. The van der Waals surface area contributed by atoms with Crippen LogP contribution < -0.4 is 5.32 Å². The topological polar surface area (TPSA) is 83.3 Å². The lowest BCUT2D eigenvalue weighted by Gasteiger charge is -2.29. The van der Waals surface area contributed by atoms with E-state index in [4.69, 9.17) is 0 Å². The van der Waals surface area contributed by atoms with Crippen molar-refractivity contribution in [2.24, 2.45) is 0 Å². The Balaban J connectivity index is 1.59. The van der Waals surface area contributed by atoms with Crippen molar-refractivity contribution in [1.29, 1.82) is 0 Å². The Hall–Kier alpha value is -2.57. The minimum atomic E-state index is -0.109. The number of fused-ring (bicyclic) bond motifs is 1. The van der Waals surface area contributed by atoms with Crippen LogP contribution in [0.4, 0.5) is 4.79 Å². The third kappa shape index (κ3) is 3.50. The number of aromatic nitrogens is 3. The normalized spacial score (nSPS) is 17.8. The van der Waals surface area contributed by atoms with Crippen molar-refractivity contribution in [3.8, 4) is 5.75 Å². The standard InChI is InChI=1S/C17H23N5O2/c1-12(10-13-5-7-14(23)8-6-13)21(2)17(24)20-15-4-3-9-22-16(15)18-11-19-22/h5-8,11-12,15,23H,3-4,9-10H2,1-2H3,(H,20,24). The second-order valence-corrected chi connectivity index (χ2v) is 6.32. The third-order valence-electron chi connectivity index (χ3n) is 4.57. The Morgan fingerprint density at radius 1 is 1.46 bits per heavy atom. The number of hydrogen-bond donors (Lipinski definition) is 2. The molecule has 1 aliphatic heterocycles. The van der Waals surface area contributed by atoms with Crippen LogP contribution >= 0.6 is 0 Å². The van der Waals surface area contributed by atoms with E-state index in [-0.39, 0.29) is 23.9 Å². The monoisotopic (exact) mass is 329 g/mol. The number of aromatic hydroxyl groups is 1. The Morgan fingerprint density at radius 3 is 2.96 bits per heavy atom. The van der Waals surface area contributed by atoms with Gasteiger partial charge in [0.05, 0.1) is 6.04 Å². The first-order valence-corrected chi connectivity index (χ1v) is 8.23. The minimum Gasteiger partial charge on any atom is -0.508 e. The second-order valence-electron chi connectivity index (χ2n) is 6.32. The number of amides is 2. The highest BCUT2D eigenvalue weighted by molar-refractivity contribution is 5.74. The van der Waals surface area contributed by atoms with E-state index >= 15 is 0 Å². The summed E-state index contributed by atoms with van der Waals surface area (Å²) in [6.07, 6.45) is 4.13. The van der Waals surface area contributed by atoms with E-state index in [0.717, 1.165) is 37.2 Å². The maximum absolute atomic E-state index is 12.5. The van der Waals surface area contributed by atoms with Gasteiger partial charge in [0, 0.05) is 19.6 Å². The van der Waals surface area contributed by atoms with Crippen molar-refractivity contribution in [2.45, 2.75) is 44.8 Å². The Bertz CT molecular complexity index is 697. The van der Waals surface area contributed by atoms with Gasteiger partial charge in [-0.3, -0.25) is 0 Å².